The molecular weight excluding hydrogens is 414 g/mol. The average Bonchev–Trinajstić information content (AvgIpc) is 3.24. The molecule has 7 nitrogen and oxygen atoms in total. The summed E-state index contributed by atoms with van der Waals surface area (Å²) in [6, 6.07) is 14.0. The first-order valence-corrected chi connectivity index (χ1v) is 10.1. The highest BCUT2D eigenvalue weighted by atomic mass is 32.2. The highest BCUT2D eigenvalue weighted by molar-refractivity contribution is 7.92. The largest absolute Gasteiger partial charge is 0.439 e. The normalized spacial score (nSPS) is 11.3. The van der Waals surface area contributed by atoms with Crippen molar-refractivity contribution in [1.29, 1.82) is 0 Å². The minimum Gasteiger partial charge on any atom is -0.439 e. The van der Waals surface area contributed by atoms with Crippen molar-refractivity contribution in [1.82, 2.24) is 14.5 Å². The first-order valence-electron chi connectivity index (χ1n) is 8.62. The number of sulfonamides is 1. The molecule has 0 saturated carbocycles. The number of benzene rings is 2. The van der Waals surface area contributed by atoms with Crippen molar-refractivity contribution in [2.24, 2.45) is 0 Å². The summed E-state index contributed by atoms with van der Waals surface area (Å²) in [5.74, 6) is -1.07. The van der Waals surface area contributed by atoms with Crippen LogP contribution in [0.2, 0.25) is 0 Å². The van der Waals surface area contributed by atoms with Crippen LogP contribution in [0.4, 0.5) is 14.5 Å². The fourth-order valence-electron chi connectivity index (χ4n) is 2.67. The number of aromatic nitrogens is 3. The molecule has 4 rings (SSSR count). The number of anilines is 1. The summed E-state index contributed by atoms with van der Waals surface area (Å²) in [6.45, 7) is 0. The lowest BCUT2D eigenvalue weighted by atomic mass is 10.3. The molecule has 0 spiro atoms. The summed E-state index contributed by atoms with van der Waals surface area (Å²) in [5, 5.41) is 0. The van der Waals surface area contributed by atoms with Gasteiger partial charge in [-0.3, -0.25) is 4.72 Å². The second kappa shape index (κ2) is 7.91. The van der Waals surface area contributed by atoms with E-state index in [4.69, 9.17) is 4.74 Å². The maximum absolute atomic E-state index is 13.8. The summed E-state index contributed by atoms with van der Waals surface area (Å²) < 4.78 is 61.8. The van der Waals surface area contributed by atoms with E-state index in [1.165, 1.54) is 30.6 Å². The SMILES string of the molecule is O=S(=O)(Nc1ccc(Oc2cc(-n3cccc3)ncn2)cc1)c1c(F)cccc1F. The van der Waals surface area contributed by atoms with E-state index in [0.717, 1.165) is 18.2 Å². The van der Waals surface area contributed by atoms with E-state index in [1.54, 1.807) is 10.6 Å². The summed E-state index contributed by atoms with van der Waals surface area (Å²) in [6.07, 6.45) is 5.01. The average molecular weight is 428 g/mol. The van der Waals surface area contributed by atoms with Crippen LogP contribution in [0, 0.1) is 11.6 Å². The van der Waals surface area contributed by atoms with Crippen LogP contribution < -0.4 is 9.46 Å². The maximum atomic E-state index is 13.8. The third-order valence-corrected chi connectivity index (χ3v) is 5.45. The summed E-state index contributed by atoms with van der Waals surface area (Å²) >= 11 is 0. The molecule has 10 heteroatoms. The van der Waals surface area contributed by atoms with Crippen molar-refractivity contribution in [3.8, 4) is 17.4 Å². The molecular formula is C20H14F2N4O3S. The zero-order chi connectivity index (χ0) is 21.1. The van der Waals surface area contributed by atoms with Crippen molar-refractivity contribution in [3.05, 3.63) is 91.0 Å². The molecule has 4 aromatic rings. The molecule has 2 aromatic carbocycles. The van der Waals surface area contributed by atoms with E-state index in [0.29, 0.717) is 11.6 Å². The molecule has 0 fully saturated rings. The first-order chi connectivity index (χ1) is 14.4. The quantitative estimate of drug-likeness (QED) is 0.499. The lowest BCUT2D eigenvalue weighted by molar-refractivity contribution is 0.461. The van der Waals surface area contributed by atoms with E-state index < -0.39 is 26.6 Å². The molecule has 0 saturated heterocycles. The van der Waals surface area contributed by atoms with Gasteiger partial charge in [0.25, 0.3) is 10.0 Å². The van der Waals surface area contributed by atoms with Gasteiger partial charge in [0.15, 0.2) is 4.90 Å². The van der Waals surface area contributed by atoms with Crippen molar-refractivity contribution >= 4 is 15.7 Å². The molecule has 0 bridgehead atoms. The Labute approximate surface area is 170 Å². The van der Waals surface area contributed by atoms with Crippen molar-refractivity contribution in [2.75, 3.05) is 4.72 Å². The topological polar surface area (TPSA) is 86.1 Å². The van der Waals surface area contributed by atoms with Crippen LogP contribution in [-0.2, 0) is 10.0 Å². The fraction of sp³-hybridized carbons (Fsp3) is 0. The Hall–Kier alpha value is -3.79. The Kier molecular flexibility index (Phi) is 5.15. The first kappa shape index (κ1) is 19.5. The van der Waals surface area contributed by atoms with Gasteiger partial charge in [0.2, 0.25) is 5.88 Å². The van der Waals surface area contributed by atoms with E-state index >= 15 is 0 Å². The molecule has 0 radical (unpaired) electrons. The number of hydrogen-bond acceptors (Lipinski definition) is 5. The molecule has 152 valence electrons. The highest BCUT2D eigenvalue weighted by Crippen LogP contribution is 2.25. The number of rotatable bonds is 6. The molecule has 0 aliphatic rings. The van der Waals surface area contributed by atoms with Crippen LogP contribution in [-0.4, -0.2) is 23.0 Å². The zero-order valence-electron chi connectivity index (χ0n) is 15.2. The van der Waals surface area contributed by atoms with Gasteiger partial charge >= 0.3 is 0 Å². The monoisotopic (exact) mass is 428 g/mol. The van der Waals surface area contributed by atoms with Gasteiger partial charge in [0, 0.05) is 24.1 Å². The van der Waals surface area contributed by atoms with Gasteiger partial charge in [-0.25, -0.2) is 27.2 Å². The van der Waals surface area contributed by atoms with Gasteiger partial charge in [0.05, 0.1) is 0 Å². The molecule has 1 N–H and O–H groups in total. The Morgan fingerprint density at radius 1 is 0.900 bits per heavy atom. The third-order valence-electron chi connectivity index (χ3n) is 4.01. The molecule has 30 heavy (non-hydrogen) atoms. The van der Waals surface area contributed by atoms with Crippen LogP contribution in [0.25, 0.3) is 5.82 Å². The molecule has 0 aliphatic carbocycles. The van der Waals surface area contributed by atoms with Crippen LogP contribution >= 0.6 is 0 Å². The molecule has 2 heterocycles. The predicted octanol–water partition coefficient (Wildman–Crippen LogP) is 4.14. The molecule has 0 atom stereocenters. The van der Waals surface area contributed by atoms with Gasteiger partial charge in [-0.15, -0.1) is 0 Å². The van der Waals surface area contributed by atoms with E-state index in [1.807, 2.05) is 24.5 Å². The predicted molar refractivity (Wildman–Crippen MR) is 105 cm³/mol. The van der Waals surface area contributed by atoms with Crippen LogP contribution in [0.1, 0.15) is 0 Å². The summed E-state index contributed by atoms with van der Waals surface area (Å²) in [4.78, 5) is 7.16. The number of nitrogens with zero attached hydrogens (tertiary/aromatic N) is 3. The number of halogens is 2. The second-order valence-electron chi connectivity index (χ2n) is 6.09. The minimum absolute atomic E-state index is 0.112. The Morgan fingerprint density at radius 3 is 2.23 bits per heavy atom. The highest BCUT2D eigenvalue weighted by Gasteiger charge is 2.23. The Bertz CT molecular complexity index is 1260. The van der Waals surface area contributed by atoms with E-state index in [9.17, 15) is 17.2 Å². The van der Waals surface area contributed by atoms with Gasteiger partial charge < -0.3 is 9.30 Å². The fourth-order valence-corrected chi connectivity index (χ4v) is 3.87. The van der Waals surface area contributed by atoms with Gasteiger partial charge in [0.1, 0.15) is 29.5 Å². The molecule has 0 aliphatic heterocycles. The van der Waals surface area contributed by atoms with Gasteiger partial charge in [-0.2, -0.15) is 0 Å². The minimum atomic E-state index is -4.44. The summed E-state index contributed by atoms with van der Waals surface area (Å²) in [7, 11) is -4.44. The number of ether oxygens (including phenoxy) is 1. The second-order valence-corrected chi connectivity index (χ2v) is 7.71. The smallest absolute Gasteiger partial charge is 0.267 e. The van der Waals surface area contributed by atoms with Gasteiger partial charge in [-0.05, 0) is 48.5 Å². The maximum Gasteiger partial charge on any atom is 0.267 e. The lowest BCUT2D eigenvalue weighted by Crippen LogP contribution is -2.16. The van der Waals surface area contributed by atoms with Crippen molar-refractivity contribution < 1.29 is 21.9 Å². The van der Waals surface area contributed by atoms with Crippen LogP contribution in [0.3, 0.4) is 0 Å². The standard InChI is InChI=1S/C20H14F2N4O3S/c21-16-4-3-5-17(22)20(16)30(27,28)25-14-6-8-15(9-7-14)29-19-12-18(23-13-24-19)26-10-1-2-11-26/h1-13,25H. The lowest BCUT2D eigenvalue weighted by Gasteiger charge is -2.11. The van der Waals surface area contributed by atoms with E-state index in [-0.39, 0.29) is 11.6 Å². The summed E-state index contributed by atoms with van der Waals surface area (Å²) in [5.41, 5.74) is 0.112. The molecule has 2 aromatic heterocycles. The Balaban J connectivity index is 1.51. The Morgan fingerprint density at radius 2 is 1.57 bits per heavy atom. The molecule has 0 amide bonds. The van der Waals surface area contributed by atoms with Crippen LogP contribution in [0.15, 0.2) is 84.3 Å². The molecule has 0 unspecified atom stereocenters. The van der Waals surface area contributed by atoms with Crippen LogP contribution in [0.5, 0.6) is 11.6 Å². The van der Waals surface area contributed by atoms with Crippen molar-refractivity contribution in [2.45, 2.75) is 4.90 Å². The van der Waals surface area contributed by atoms with Crippen molar-refractivity contribution in [3.63, 3.8) is 0 Å². The zero-order valence-corrected chi connectivity index (χ0v) is 16.1. The van der Waals surface area contributed by atoms with Gasteiger partial charge in [-0.1, -0.05) is 6.07 Å². The third kappa shape index (κ3) is 4.13. The van der Waals surface area contributed by atoms with E-state index in [2.05, 4.69) is 14.7 Å². The number of hydrogen-bond donors (Lipinski definition) is 1. The number of nitrogens with one attached hydrogen (secondary N) is 1.